The van der Waals surface area contributed by atoms with E-state index in [2.05, 4.69) is 36.9 Å². The van der Waals surface area contributed by atoms with Crippen molar-refractivity contribution in [2.24, 2.45) is 11.7 Å². The molecule has 2 aliphatic rings. The van der Waals surface area contributed by atoms with Crippen molar-refractivity contribution in [3.8, 4) is 0 Å². The van der Waals surface area contributed by atoms with Crippen LogP contribution in [0.25, 0.3) is 10.9 Å². The number of rotatable bonds is 12. The molecule has 0 saturated carbocycles. The van der Waals surface area contributed by atoms with Gasteiger partial charge in [0.15, 0.2) is 0 Å². The molecule has 3 aromatic rings. The highest BCUT2D eigenvalue weighted by Gasteiger charge is 2.42. The third-order valence-electron chi connectivity index (χ3n) is 10.6. The summed E-state index contributed by atoms with van der Waals surface area (Å²) in [6, 6.07) is 9.43. The number of fused-ring (bicyclic) bond motifs is 3. The molecule has 0 unspecified atom stereocenters. The number of nitrogens with one attached hydrogen (secondary N) is 7. The van der Waals surface area contributed by atoms with Crippen molar-refractivity contribution in [1.29, 1.82) is 0 Å². The van der Waals surface area contributed by atoms with Gasteiger partial charge in [-0.15, -0.1) is 0 Å². The average molecular weight is 846 g/mol. The molecule has 0 spiro atoms. The van der Waals surface area contributed by atoms with Crippen molar-refractivity contribution in [3.05, 3.63) is 71.9 Å². The molecule has 2 bridgehead atoms. The van der Waals surface area contributed by atoms with E-state index in [9.17, 15) is 38.4 Å². The van der Waals surface area contributed by atoms with Gasteiger partial charge in [0.25, 0.3) is 0 Å². The Labute approximate surface area is 352 Å². The Hall–Kier alpha value is -5.91. The average Bonchev–Trinajstić information content (AvgIpc) is 3.80. The largest absolute Gasteiger partial charge is 0.370 e. The highest BCUT2D eigenvalue weighted by Crippen LogP contribution is 2.22. The normalized spacial score (nSPS) is 23.9. The number of nitrogens with zero attached hydrogens (tertiary/aromatic N) is 1. The van der Waals surface area contributed by atoms with E-state index in [4.69, 9.17) is 5.73 Å². The lowest BCUT2D eigenvalue weighted by Gasteiger charge is -2.30. The van der Waals surface area contributed by atoms with Crippen molar-refractivity contribution >= 4 is 69.9 Å². The number of primary amides is 1. The maximum absolute atomic E-state index is 14.4. The van der Waals surface area contributed by atoms with Crippen molar-refractivity contribution in [2.45, 2.75) is 95.0 Å². The molecule has 2 saturated heterocycles. The van der Waals surface area contributed by atoms with E-state index in [0.717, 1.165) is 10.9 Å². The molecule has 322 valence electrons. The fourth-order valence-corrected chi connectivity index (χ4v) is 7.91. The fraction of sp³-hybridized carbons (Fsp3) is 0.476. The first-order valence-corrected chi connectivity index (χ1v) is 21.6. The second-order valence-corrected chi connectivity index (χ2v) is 16.6. The third-order valence-corrected chi connectivity index (χ3v) is 11.2. The van der Waals surface area contributed by atoms with E-state index in [-0.39, 0.29) is 57.4 Å². The number of aromatic nitrogens is 1. The summed E-state index contributed by atoms with van der Waals surface area (Å²) in [5, 5.41) is 17.0. The molecule has 1 aromatic heterocycles. The Bertz CT molecular complexity index is 2040. The zero-order chi connectivity index (χ0) is 43.3. The zero-order valence-corrected chi connectivity index (χ0v) is 34.9. The van der Waals surface area contributed by atoms with Crippen LogP contribution in [0.4, 0.5) is 0 Å². The summed E-state index contributed by atoms with van der Waals surface area (Å²) in [6.45, 7) is 3.38. The second kappa shape index (κ2) is 21.4. The SMILES string of the molecule is CSCC[C@@H]1NC(=O)[C@H](CC(C)C)N2CC[C@@H](NC(=O)[C@H](Cc3ccccc3)NC(=O)[C@@H](Cc3c[nH]c4ccccc34)NC(=O)[C@H](CCC(N)=O)NC(=O)CNC1=O)C2=O. The molecule has 2 aromatic carbocycles. The Morgan fingerprint density at radius 3 is 2.10 bits per heavy atom. The highest BCUT2D eigenvalue weighted by atomic mass is 32.2. The zero-order valence-electron chi connectivity index (χ0n) is 34.1. The van der Waals surface area contributed by atoms with Crippen LogP contribution < -0.4 is 37.6 Å². The predicted molar refractivity (Wildman–Crippen MR) is 226 cm³/mol. The number of thioether (sulfide) groups is 1. The van der Waals surface area contributed by atoms with Crippen molar-refractivity contribution < 1.29 is 38.4 Å². The van der Waals surface area contributed by atoms with Gasteiger partial charge in [-0.25, -0.2) is 0 Å². The number of amides is 8. The Morgan fingerprint density at radius 1 is 0.767 bits per heavy atom. The van der Waals surface area contributed by atoms with E-state index >= 15 is 0 Å². The molecule has 18 heteroatoms. The molecule has 5 rings (SSSR count). The molecular weight excluding hydrogens is 791 g/mol. The monoisotopic (exact) mass is 845 g/mol. The van der Waals surface area contributed by atoms with Crippen molar-refractivity contribution in [1.82, 2.24) is 41.8 Å². The summed E-state index contributed by atoms with van der Waals surface area (Å²) in [6.07, 6.45) is 3.71. The van der Waals surface area contributed by atoms with Crippen LogP contribution in [0.5, 0.6) is 0 Å². The number of para-hydroxylation sites is 1. The quantitative estimate of drug-likeness (QED) is 0.124. The summed E-state index contributed by atoms with van der Waals surface area (Å²) in [7, 11) is 0. The lowest BCUT2D eigenvalue weighted by molar-refractivity contribution is -0.141. The first-order valence-electron chi connectivity index (χ1n) is 20.2. The molecule has 9 N–H and O–H groups in total. The topological polar surface area (TPSA) is 254 Å². The van der Waals surface area contributed by atoms with Gasteiger partial charge < -0.3 is 47.5 Å². The number of hydrogen-bond acceptors (Lipinski definition) is 9. The van der Waals surface area contributed by atoms with Crippen LogP contribution in [0.3, 0.4) is 0 Å². The van der Waals surface area contributed by atoms with Gasteiger partial charge >= 0.3 is 0 Å². The van der Waals surface area contributed by atoms with Gasteiger partial charge in [-0.05, 0) is 60.8 Å². The van der Waals surface area contributed by atoms with Gasteiger partial charge in [0.2, 0.25) is 47.3 Å². The number of carbonyl (C=O) groups is 8. The Kier molecular flexibility index (Phi) is 16.1. The maximum Gasteiger partial charge on any atom is 0.245 e. The fourth-order valence-electron chi connectivity index (χ4n) is 7.44. The van der Waals surface area contributed by atoms with Crippen LogP contribution in [0.15, 0.2) is 60.8 Å². The van der Waals surface area contributed by atoms with Gasteiger partial charge in [-0.3, -0.25) is 38.4 Å². The van der Waals surface area contributed by atoms with Gasteiger partial charge in [0.1, 0.15) is 36.3 Å². The molecule has 3 heterocycles. The van der Waals surface area contributed by atoms with Crippen LogP contribution in [-0.2, 0) is 51.2 Å². The summed E-state index contributed by atoms with van der Waals surface area (Å²) in [5.74, 6) is -4.94. The minimum Gasteiger partial charge on any atom is -0.370 e. The minimum absolute atomic E-state index is 0.0275. The molecular formula is C42H55N9O8S. The molecule has 17 nitrogen and oxygen atoms in total. The standard InChI is InChI=1S/C42H55N9O8S/c1-24(2)19-34-41(58)47-30(16-18-60-3)37(54)45-23-36(53)46-29(13-14-35(43)52)38(55)50-33(21-26-22-44-28-12-8-7-11-27(26)28)40(57)49-32(20-25-9-5-4-6-10-25)39(56)48-31-15-17-51(34)42(31)59/h4-12,22,24,29-34,44H,13-21,23H2,1-3H3,(H2,43,52)(H,45,54)(H,46,53)(H,47,58)(H,48,56)(H,49,57)(H,50,55)/t29-,30-,31+,32-,33+,34-/m0/s1. The van der Waals surface area contributed by atoms with Gasteiger partial charge in [0.05, 0.1) is 6.54 Å². The van der Waals surface area contributed by atoms with E-state index in [1.54, 1.807) is 30.5 Å². The minimum atomic E-state index is -1.36. The Balaban J connectivity index is 1.53. The molecule has 2 aliphatic heterocycles. The number of benzene rings is 2. The lowest BCUT2D eigenvalue weighted by Crippen LogP contribution is -2.59. The summed E-state index contributed by atoms with van der Waals surface area (Å²) in [5.41, 5.74) is 7.60. The Morgan fingerprint density at radius 2 is 1.40 bits per heavy atom. The van der Waals surface area contributed by atoms with Crippen LogP contribution in [0, 0.1) is 5.92 Å². The van der Waals surface area contributed by atoms with E-state index in [0.29, 0.717) is 16.9 Å². The summed E-state index contributed by atoms with van der Waals surface area (Å²) < 4.78 is 0. The summed E-state index contributed by atoms with van der Waals surface area (Å²) in [4.78, 5) is 114. The number of nitrogens with two attached hydrogens (primary N) is 1. The smallest absolute Gasteiger partial charge is 0.245 e. The highest BCUT2D eigenvalue weighted by molar-refractivity contribution is 7.98. The molecule has 8 amide bonds. The van der Waals surface area contributed by atoms with Gasteiger partial charge in [0, 0.05) is 42.9 Å². The van der Waals surface area contributed by atoms with Crippen LogP contribution in [0.2, 0.25) is 0 Å². The number of carbonyl (C=O) groups excluding carboxylic acids is 8. The van der Waals surface area contributed by atoms with Gasteiger partial charge in [-0.1, -0.05) is 62.4 Å². The van der Waals surface area contributed by atoms with E-state index in [1.807, 2.05) is 50.4 Å². The third kappa shape index (κ3) is 12.3. The summed E-state index contributed by atoms with van der Waals surface area (Å²) >= 11 is 1.45. The number of H-pyrrole nitrogens is 1. The molecule has 0 radical (unpaired) electrons. The van der Waals surface area contributed by atoms with Crippen LogP contribution in [-0.4, -0.2) is 118 Å². The molecule has 0 aliphatic carbocycles. The molecule has 60 heavy (non-hydrogen) atoms. The number of aromatic amines is 1. The van der Waals surface area contributed by atoms with Crippen LogP contribution >= 0.6 is 11.8 Å². The van der Waals surface area contributed by atoms with Crippen LogP contribution in [0.1, 0.15) is 57.1 Å². The maximum atomic E-state index is 14.4. The van der Waals surface area contributed by atoms with E-state index in [1.165, 1.54) is 16.7 Å². The van der Waals surface area contributed by atoms with Crippen molar-refractivity contribution in [3.63, 3.8) is 0 Å². The predicted octanol–water partition coefficient (Wildman–Crippen LogP) is 0.173. The second-order valence-electron chi connectivity index (χ2n) is 15.6. The van der Waals surface area contributed by atoms with E-state index < -0.39 is 90.1 Å². The molecule has 6 atom stereocenters. The first-order chi connectivity index (χ1) is 28.7. The van der Waals surface area contributed by atoms with Crippen molar-refractivity contribution in [2.75, 3.05) is 25.1 Å². The molecule has 2 fully saturated rings. The first kappa shape index (κ1) is 45.2. The lowest BCUT2D eigenvalue weighted by atomic mass is 10.0. The van der Waals surface area contributed by atoms with Gasteiger partial charge in [-0.2, -0.15) is 11.8 Å². The number of hydrogen-bond donors (Lipinski definition) is 8.